The number of carbonyl (C=O) groups excluding carboxylic acids is 1. The van der Waals surface area contributed by atoms with E-state index in [1.54, 1.807) is 0 Å². The molecule has 0 heterocycles. The zero-order chi connectivity index (χ0) is 12.1. The summed E-state index contributed by atoms with van der Waals surface area (Å²) < 4.78 is 25.5. The van der Waals surface area contributed by atoms with E-state index in [4.69, 9.17) is 11.1 Å². The number of hydrogen-bond acceptors (Lipinski definition) is 2. The molecule has 0 bridgehead atoms. The van der Waals surface area contributed by atoms with E-state index in [1.165, 1.54) is 0 Å². The van der Waals surface area contributed by atoms with Crippen molar-refractivity contribution in [3.63, 3.8) is 0 Å². The number of guanidine groups is 1. The Morgan fingerprint density at radius 1 is 1.29 bits per heavy atom. The molecule has 0 saturated heterocycles. The minimum absolute atomic E-state index is 0. The minimum Gasteiger partial charge on any atom is -0.370 e. The first-order valence-electron chi connectivity index (χ1n) is 4.31. The SMILES string of the molecule is Cl.N=C(N)NC(=O)NCc1cc(F)cc(F)c1. The molecule has 0 aliphatic heterocycles. The molecule has 8 heteroatoms. The van der Waals surface area contributed by atoms with Crippen LogP contribution in [0.15, 0.2) is 18.2 Å². The van der Waals surface area contributed by atoms with E-state index in [0.717, 1.165) is 18.2 Å². The van der Waals surface area contributed by atoms with Gasteiger partial charge in [0.1, 0.15) is 11.6 Å². The maximum atomic E-state index is 12.7. The fourth-order valence-corrected chi connectivity index (χ4v) is 1.06. The number of amides is 2. The quantitative estimate of drug-likeness (QED) is 0.475. The Kier molecular flexibility index (Phi) is 5.90. The Morgan fingerprint density at radius 3 is 2.29 bits per heavy atom. The zero-order valence-corrected chi connectivity index (χ0v) is 9.41. The van der Waals surface area contributed by atoms with E-state index in [9.17, 15) is 13.6 Å². The maximum Gasteiger partial charge on any atom is 0.321 e. The summed E-state index contributed by atoms with van der Waals surface area (Å²) >= 11 is 0. The molecule has 0 aliphatic rings. The number of hydrogen-bond donors (Lipinski definition) is 4. The van der Waals surface area contributed by atoms with Crippen molar-refractivity contribution >= 4 is 24.4 Å². The molecule has 0 saturated carbocycles. The van der Waals surface area contributed by atoms with Gasteiger partial charge in [-0.1, -0.05) is 0 Å². The van der Waals surface area contributed by atoms with Crippen LogP contribution < -0.4 is 16.4 Å². The van der Waals surface area contributed by atoms with Gasteiger partial charge in [-0.3, -0.25) is 10.7 Å². The van der Waals surface area contributed by atoms with Crippen LogP contribution in [-0.2, 0) is 6.54 Å². The molecule has 0 aromatic heterocycles. The smallest absolute Gasteiger partial charge is 0.321 e. The van der Waals surface area contributed by atoms with Crippen LogP contribution in [0, 0.1) is 17.0 Å². The lowest BCUT2D eigenvalue weighted by Crippen LogP contribution is -2.42. The molecule has 0 radical (unpaired) electrons. The van der Waals surface area contributed by atoms with Crippen LogP contribution in [0.3, 0.4) is 0 Å². The van der Waals surface area contributed by atoms with Gasteiger partial charge in [0.15, 0.2) is 5.96 Å². The van der Waals surface area contributed by atoms with E-state index in [1.807, 2.05) is 5.32 Å². The van der Waals surface area contributed by atoms with Gasteiger partial charge in [0, 0.05) is 12.6 Å². The normalized spacial score (nSPS) is 9.06. The molecule has 5 N–H and O–H groups in total. The first-order valence-corrected chi connectivity index (χ1v) is 4.31. The molecule has 0 aliphatic carbocycles. The Labute approximate surface area is 102 Å². The summed E-state index contributed by atoms with van der Waals surface area (Å²) in [7, 11) is 0. The molecule has 0 spiro atoms. The molecule has 1 rings (SSSR count). The summed E-state index contributed by atoms with van der Waals surface area (Å²) in [6.45, 7) is -0.0617. The first-order chi connectivity index (χ1) is 7.47. The van der Waals surface area contributed by atoms with Gasteiger partial charge in [-0.05, 0) is 17.7 Å². The van der Waals surface area contributed by atoms with Crippen LogP contribution in [0.2, 0.25) is 0 Å². The van der Waals surface area contributed by atoms with Crippen molar-refractivity contribution in [3.8, 4) is 0 Å². The highest BCUT2D eigenvalue weighted by molar-refractivity contribution is 5.93. The van der Waals surface area contributed by atoms with Crippen LogP contribution in [0.1, 0.15) is 5.56 Å². The number of benzene rings is 1. The molecule has 1 aromatic carbocycles. The van der Waals surface area contributed by atoms with E-state index in [2.05, 4.69) is 5.32 Å². The lowest BCUT2D eigenvalue weighted by molar-refractivity contribution is 0.244. The van der Waals surface area contributed by atoms with Gasteiger partial charge in [-0.2, -0.15) is 0 Å². The number of nitrogens with two attached hydrogens (primary N) is 1. The van der Waals surface area contributed by atoms with E-state index in [-0.39, 0.29) is 24.5 Å². The Bertz CT molecular complexity index is 407. The highest BCUT2D eigenvalue weighted by atomic mass is 35.5. The first kappa shape index (κ1) is 15.1. The second-order valence-electron chi connectivity index (χ2n) is 3.00. The molecule has 5 nitrogen and oxygen atoms in total. The molecular weight excluding hydrogens is 254 g/mol. The second-order valence-corrected chi connectivity index (χ2v) is 3.00. The van der Waals surface area contributed by atoms with Crippen molar-refractivity contribution in [1.29, 1.82) is 5.41 Å². The number of carbonyl (C=O) groups is 1. The fourth-order valence-electron chi connectivity index (χ4n) is 1.06. The van der Waals surface area contributed by atoms with Gasteiger partial charge in [0.2, 0.25) is 0 Å². The van der Waals surface area contributed by atoms with Crippen LogP contribution >= 0.6 is 12.4 Å². The van der Waals surface area contributed by atoms with Crippen molar-refractivity contribution < 1.29 is 13.6 Å². The number of nitrogens with one attached hydrogen (secondary N) is 3. The Morgan fingerprint density at radius 2 is 1.82 bits per heavy atom. The molecule has 0 unspecified atom stereocenters. The van der Waals surface area contributed by atoms with Gasteiger partial charge in [0.05, 0.1) is 0 Å². The molecule has 0 fully saturated rings. The average Bonchev–Trinajstić information content (AvgIpc) is 2.12. The number of halogens is 3. The second kappa shape index (κ2) is 6.64. The van der Waals surface area contributed by atoms with Crippen LogP contribution in [0.4, 0.5) is 13.6 Å². The fraction of sp³-hybridized carbons (Fsp3) is 0.111. The van der Waals surface area contributed by atoms with Crippen molar-refractivity contribution in [1.82, 2.24) is 10.6 Å². The molecule has 17 heavy (non-hydrogen) atoms. The highest BCUT2D eigenvalue weighted by Gasteiger charge is 2.03. The summed E-state index contributed by atoms with van der Waals surface area (Å²) in [6.07, 6.45) is 0. The van der Waals surface area contributed by atoms with Crippen molar-refractivity contribution in [2.24, 2.45) is 5.73 Å². The largest absolute Gasteiger partial charge is 0.370 e. The molecular formula is C9H11ClF2N4O. The zero-order valence-electron chi connectivity index (χ0n) is 8.59. The van der Waals surface area contributed by atoms with Gasteiger partial charge < -0.3 is 11.1 Å². The van der Waals surface area contributed by atoms with Crippen LogP contribution in [0.5, 0.6) is 0 Å². The summed E-state index contributed by atoms with van der Waals surface area (Å²) in [5, 5.41) is 11.0. The monoisotopic (exact) mass is 264 g/mol. The standard InChI is InChI=1S/C9H10F2N4O.ClH/c10-6-1-5(2-7(11)3-6)4-14-9(16)15-8(12)13;/h1-3H,4H2,(H5,12,13,14,15,16);1H. The predicted molar refractivity (Wildman–Crippen MR) is 60.9 cm³/mol. The van der Waals surface area contributed by atoms with Crippen molar-refractivity contribution in [2.45, 2.75) is 6.54 Å². The van der Waals surface area contributed by atoms with Gasteiger partial charge in [-0.25, -0.2) is 13.6 Å². The third kappa shape index (κ3) is 5.67. The lowest BCUT2D eigenvalue weighted by atomic mass is 10.2. The van der Waals surface area contributed by atoms with Gasteiger partial charge in [-0.15, -0.1) is 12.4 Å². The molecule has 0 atom stereocenters. The van der Waals surface area contributed by atoms with Crippen molar-refractivity contribution in [3.05, 3.63) is 35.4 Å². The summed E-state index contributed by atoms with van der Waals surface area (Å²) in [6, 6.07) is 2.21. The van der Waals surface area contributed by atoms with Gasteiger partial charge in [0.25, 0.3) is 0 Å². The maximum absolute atomic E-state index is 12.7. The Hall–Kier alpha value is -1.89. The third-order valence-corrected chi connectivity index (χ3v) is 1.62. The number of rotatable bonds is 2. The van der Waals surface area contributed by atoms with Crippen LogP contribution in [0.25, 0.3) is 0 Å². The Balaban J connectivity index is 0.00000256. The minimum atomic E-state index is -0.719. The summed E-state index contributed by atoms with van der Waals surface area (Å²) in [5.41, 5.74) is 5.18. The topological polar surface area (TPSA) is 91.0 Å². The van der Waals surface area contributed by atoms with Crippen molar-refractivity contribution in [2.75, 3.05) is 0 Å². The third-order valence-electron chi connectivity index (χ3n) is 1.62. The molecule has 94 valence electrons. The summed E-state index contributed by atoms with van der Waals surface area (Å²) in [4.78, 5) is 11.0. The van der Waals surface area contributed by atoms with Crippen LogP contribution in [-0.4, -0.2) is 12.0 Å². The molecule has 1 aromatic rings. The predicted octanol–water partition coefficient (Wildman–Crippen LogP) is 1.08. The number of urea groups is 1. The van der Waals surface area contributed by atoms with E-state index >= 15 is 0 Å². The van der Waals surface area contributed by atoms with E-state index in [0.29, 0.717) is 0 Å². The highest BCUT2D eigenvalue weighted by Crippen LogP contribution is 2.07. The van der Waals surface area contributed by atoms with E-state index < -0.39 is 23.6 Å². The average molecular weight is 265 g/mol. The van der Waals surface area contributed by atoms with Gasteiger partial charge >= 0.3 is 6.03 Å². The summed E-state index contributed by atoms with van der Waals surface area (Å²) in [5.74, 6) is -1.95. The molecule has 2 amide bonds. The lowest BCUT2D eigenvalue weighted by Gasteiger charge is -2.06.